The van der Waals surface area contributed by atoms with Gasteiger partial charge in [0.2, 0.25) is 0 Å². The summed E-state index contributed by atoms with van der Waals surface area (Å²) in [7, 11) is 1.67. The Morgan fingerprint density at radius 1 is 1.18 bits per heavy atom. The van der Waals surface area contributed by atoms with Gasteiger partial charge in [0.15, 0.2) is 0 Å². The standard InChI is InChI=1S/C14H20ClNO/c1-8-9(2)13(17-4)12(15)10(3)11(8)14(7-16)5-6-14/h5-7,16H2,1-4H3. The fraction of sp³-hybridized carbons (Fsp3) is 0.571. The van der Waals surface area contributed by atoms with Crippen molar-refractivity contribution in [3.05, 3.63) is 27.3 Å². The summed E-state index contributed by atoms with van der Waals surface area (Å²) in [6.07, 6.45) is 2.35. The number of nitrogens with two attached hydrogens (primary N) is 1. The van der Waals surface area contributed by atoms with E-state index in [2.05, 4.69) is 20.8 Å². The molecule has 1 aromatic carbocycles. The van der Waals surface area contributed by atoms with Crippen molar-refractivity contribution in [3.63, 3.8) is 0 Å². The number of hydrogen-bond donors (Lipinski definition) is 1. The van der Waals surface area contributed by atoms with Crippen LogP contribution in [-0.2, 0) is 5.41 Å². The Kier molecular flexibility index (Phi) is 3.13. The van der Waals surface area contributed by atoms with Crippen LogP contribution in [0.25, 0.3) is 0 Å². The van der Waals surface area contributed by atoms with Gasteiger partial charge in [-0.3, -0.25) is 0 Å². The second kappa shape index (κ2) is 4.18. The quantitative estimate of drug-likeness (QED) is 0.898. The molecule has 2 rings (SSSR count). The third kappa shape index (κ3) is 1.74. The first-order valence-electron chi connectivity index (χ1n) is 6.02. The minimum Gasteiger partial charge on any atom is -0.495 e. The molecule has 1 fully saturated rings. The van der Waals surface area contributed by atoms with Crippen molar-refractivity contribution in [1.29, 1.82) is 0 Å². The topological polar surface area (TPSA) is 35.2 Å². The molecule has 0 aromatic heterocycles. The Morgan fingerprint density at radius 3 is 2.18 bits per heavy atom. The van der Waals surface area contributed by atoms with Crippen LogP contribution in [0.1, 0.15) is 35.1 Å². The minimum atomic E-state index is 0.175. The fourth-order valence-electron chi connectivity index (χ4n) is 2.83. The number of halogens is 1. The Bertz CT molecular complexity index is 435. The maximum Gasteiger partial charge on any atom is 0.140 e. The number of benzene rings is 1. The molecule has 94 valence electrons. The van der Waals surface area contributed by atoms with E-state index in [0.717, 1.165) is 21.9 Å². The maximum atomic E-state index is 6.40. The van der Waals surface area contributed by atoms with Crippen molar-refractivity contribution in [2.75, 3.05) is 13.7 Å². The van der Waals surface area contributed by atoms with Crippen molar-refractivity contribution in [2.45, 2.75) is 39.0 Å². The number of methoxy groups -OCH3 is 1. The van der Waals surface area contributed by atoms with Gasteiger partial charge in [-0.1, -0.05) is 11.6 Å². The first-order chi connectivity index (χ1) is 7.98. The van der Waals surface area contributed by atoms with E-state index in [0.29, 0.717) is 6.54 Å². The van der Waals surface area contributed by atoms with E-state index < -0.39 is 0 Å². The smallest absolute Gasteiger partial charge is 0.140 e. The monoisotopic (exact) mass is 253 g/mol. The van der Waals surface area contributed by atoms with E-state index in [4.69, 9.17) is 22.1 Å². The van der Waals surface area contributed by atoms with Gasteiger partial charge >= 0.3 is 0 Å². The van der Waals surface area contributed by atoms with E-state index in [9.17, 15) is 0 Å². The number of hydrogen-bond acceptors (Lipinski definition) is 2. The molecule has 1 aliphatic carbocycles. The first kappa shape index (κ1) is 12.7. The van der Waals surface area contributed by atoms with Crippen LogP contribution in [0.3, 0.4) is 0 Å². The molecule has 0 spiro atoms. The Morgan fingerprint density at radius 2 is 1.76 bits per heavy atom. The van der Waals surface area contributed by atoms with E-state index in [1.54, 1.807) is 7.11 Å². The third-order valence-electron chi connectivity index (χ3n) is 4.16. The molecule has 17 heavy (non-hydrogen) atoms. The van der Waals surface area contributed by atoms with Gasteiger partial charge in [0.05, 0.1) is 12.1 Å². The van der Waals surface area contributed by atoms with Gasteiger partial charge in [-0.25, -0.2) is 0 Å². The molecule has 1 saturated carbocycles. The maximum absolute atomic E-state index is 6.40. The molecule has 0 radical (unpaired) electrons. The molecular weight excluding hydrogens is 234 g/mol. The summed E-state index contributed by atoms with van der Waals surface area (Å²) >= 11 is 6.40. The van der Waals surface area contributed by atoms with Crippen molar-refractivity contribution < 1.29 is 4.74 Å². The lowest BCUT2D eigenvalue weighted by molar-refractivity contribution is 0.410. The van der Waals surface area contributed by atoms with E-state index in [-0.39, 0.29) is 5.41 Å². The molecule has 2 nitrogen and oxygen atoms in total. The first-order valence-corrected chi connectivity index (χ1v) is 6.40. The molecule has 2 N–H and O–H groups in total. The molecule has 1 aliphatic rings. The van der Waals surface area contributed by atoms with Gasteiger partial charge < -0.3 is 10.5 Å². The summed E-state index contributed by atoms with van der Waals surface area (Å²) in [4.78, 5) is 0. The van der Waals surface area contributed by atoms with Crippen LogP contribution in [0.15, 0.2) is 0 Å². The molecular formula is C14H20ClNO. The third-order valence-corrected chi connectivity index (χ3v) is 4.62. The van der Waals surface area contributed by atoms with E-state index in [1.165, 1.54) is 24.0 Å². The lowest BCUT2D eigenvalue weighted by atomic mass is 9.85. The summed E-state index contributed by atoms with van der Waals surface area (Å²) in [5.74, 6) is 0.804. The van der Waals surface area contributed by atoms with Crippen molar-refractivity contribution in [2.24, 2.45) is 5.73 Å². The molecule has 0 heterocycles. The highest BCUT2D eigenvalue weighted by atomic mass is 35.5. The van der Waals surface area contributed by atoms with E-state index >= 15 is 0 Å². The fourth-order valence-corrected chi connectivity index (χ4v) is 3.14. The Hall–Kier alpha value is -0.730. The molecule has 0 saturated heterocycles. The second-order valence-electron chi connectivity index (χ2n) is 5.08. The Labute approximate surface area is 108 Å². The van der Waals surface area contributed by atoms with E-state index in [1.807, 2.05) is 0 Å². The summed E-state index contributed by atoms with van der Waals surface area (Å²) in [5, 5.41) is 0.741. The lowest BCUT2D eigenvalue weighted by Crippen LogP contribution is -2.22. The summed E-state index contributed by atoms with van der Waals surface area (Å²) < 4.78 is 5.40. The van der Waals surface area contributed by atoms with Crippen LogP contribution in [0.4, 0.5) is 0 Å². The van der Waals surface area contributed by atoms with Crippen molar-refractivity contribution >= 4 is 11.6 Å². The predicted molar refractivity (Wildman–Crippen MR) is 72.2 cm³/mol. The van der Waals surface area contributed by atoms with Gasteiger partial charge in [0.25, 0.3) is 0 Å². The lowest BCUT2D eigenvalue weighted by Gasteiger charge is -2.24. The van der Waals surface area contributed by atoms with Gasteiger partial charge in [-0.2, -0.15) is 0 Å². The zero-order valence-corrected chi connectivity index (χ0v) is 11.7. The predicted octanol–water partition coefficient (Wildman–Crippen LogP) is 3.26. The SMILES string of the molecule is COc1c(C)c(C)c(C2(CN)CC2)c(C)c1Cl. The average molecular weight is 254 g/mol. The molecule has 3 heteroatoms. The molecule has 0 amide bonds. The molecule has 0 unspecified atom stereocenters. The van der Waals surface area contributed by atoms with Crippen LogP contribution in [-0.4, -0.2) is 13.7 Å². The largest absolute Gasteiger partial charge is 0.495 e. The highest BCUT2D eigenvalue weighted by molar-refractivity contribution is 6.33. The Balaban J connectivity index is 2.69. The van der Waals surface area contributed by atoms with Gasteiger partial charge in [0, 0.05) is 12.0 Å². The number of rotatable bonds is 3. The summed E-state index contributed by atoms with van der Waals surface area (Å²) in [5.41, 5.74) is 11.0. The zero-order valence-electron chi connectivity index (χ0n) is 11.0. The van der Waals surface area contributed by atoms with Gasteiger partial charge in [-0.15, -0.1) is 0 Å². The van der Waals surface area contributed by atoms with Gasteiger partial charge in [0.1, 0.15) is 5.75 Å². The van der Waals surface area contributed by atoms with Crippen molar-refractivity contribution in [3.8, 4) is 5.75 Å². The number of ether oxygens (including phenoxy) is 1. The second-order valence-corrected chi connectivity index (χ2v) is 5.46. The summed E-state index contributed by atoms with van der Waals surface area (Å²) in [6.45, 7) is 6.99. The normalized spacial score (nSPS) is 17.1. The van der Waals surface area contributed by atoms with Gasteiger partial charge in [-0.05, 0) is 55.9 Å². The summed E-state index contributed by atoms with van der Waals surface area (Å²) in [6, 6.07) is 0. The molecule has 0 aliphatic heterocycles. The van der Waals surface area contributed by atoms with Crippen LogP contribution < -0.4 is 10.5 Å². The molecule has 1 aromatic rings. The molecule has 0 bridgehead atoms. The van der Waals surface area contributed by atoms with Crippen LogP contribution >= 0.6 is 11.6 Å². The van der Waals surface area contributed by atoms with Crippen LogP contribution in [0.5, 0.6) is 5.75 Å². The van der Waals surface area contributed by atoms with Crippen molar-refractivity contribution in [1.82, 2.24) is 0 Å². The zero-order chi connectivity index (χ0) is 12.8. The van der Waals surface area contributed by atoms with Crippen LogP contribution in [0, 0.1) is 20.8 Å². The highest BCUT2D eigenvalue weighted by Crippen LogP contribution is 2.52. The molecule has 0 atom stereocenters. The average Bonchev–Trinajstić information content (AvgIpc) is 3.09. The minimum absolute atomic E-state index is 0.175. The van der Waals surface area contributed by atoms with Crippen LogP contribution in [0.2, 0.25) is 5.02 Å². The highest BCUT2D eigenvalue weighted by Gasteiger charge is 2.45.